The third-order valence-electron chi connectivity index (χ3n) is 3.31. The standard InChI is InChI=1S/C14H20N2O2.C2H4O2/c1-16(2)14(17)9-18-13-6-4-10-3-5-12(15)7-11(10)8-13;1-2(3)4/h4,6,8,12H,3,5,7,9,15H2,1-2H3;1H3,(H,3,4)/t12-;/m0./s1. The topological polar surface area (TPSA) is 92.9 Å². The molecule has 0 spiro atoms. The van der Waals surface area contributed by atoms with Gasteiger partial charge in [0.05, 0.1) is 0 Å². The highest BCUT2D eigenvalue weighted by molar-refractivity contribution is 5.77. The van der Waals surface area contributed by atoms with Crippen molar-refractivity contribution in [2.75, 3.05) is 20.7 Å². The second kappa shape index (κ2) is 8.38. The first-order valence-corrected chi connectivity index (χ1v) is 7.19. The average Bonchev–Trinajstić information content (AvgIpc) is 2.43. The van der Waals surface area contributed by atoms with E-state index >= 15 is 0 Å². The van der Waals surface area contributed by atoms with Gasteiger partial charge < -0.3 is 20.5 Å². The van der Waals surface area contributed by atoms with Crippen LogP contribution in [0.5, 0.6) is 5.75 Å². The summed E-state index contributed by atoms with van der Waals surface area (Å²) < 4.78 is 5.50. The molecule has 0 saturated heterocycles. The molecule has 0 bridgehead atoms. The first-order chi connectivity index (χ1) is 10.3. The van der Waals surface area contributed by atoms with E-state index < -0.39 is 5.97 Å². The summed E-state index contributed by atoms with van der Waals surface area (Å²) in [5, 5.41) is 7.42. The molecular formula is C16H24N2O4. The summed E-state index contributed by atoms with van der Waals surface area (Å²) in [4.78, 5) is 22.0. The van der Waals surface area contributed by atoms with Crippen LogP contribution in [0.25, 0.3) is 0 Å². The summed E-state index contributed by atoms with van der Waals surface area (Å²) in [7, 11) is 3.44. The van der Waals surface area contributed by atoms with Gasteiger partial charge in [0, 0.05) is 27.1 Å². The molecule has 0 radical (unpaired) electrons. The minimum Gasteiger partial charge on any atom is -0.484 e. The van der Waals surface area contributed by atoms with Crippen molar-refractivity contribution < 1.29 is 19.4 Å². The summed E-state index contributed by atoms with van der Waals surface area (Å²) in [6.45, 7) is 1.16. The van der Waals surface area contributed by atoms with Crippen LogP contribution in [0.15, 0.2) is 18.2 Å². The predicted octanol–water partition coefficient (Wildman–Crippen LogP) is 1.06. The predicted molar refractivity (Wildman–Crippen MR) is 83.9 cm³/mol. The molecule has 0 aliphatic heterocycles. The number of aliphatic carboxylic acids is 1. The number of carbonyl (C=O) groups is 2. The molecule has 1 aromatic rings. The quantitative estimate of drug-likeness (QED) is 0.871. The molecular weight excluding hydrogens is 284 g/mol. The molecule has 0 saturated carbocycles. The number of amides is 1. The normalized spacial score (nSPS) is 15.9. The Morgan fingerprint density at radius 3 is 2.59 bits per heavy atom. The van der Waals surface area contributed by atoms with Crippen LogP contribution < -0.4 is 10.5 Å². The number of carboxylic acids is 1. The van der Waals surface area contributed by atoms with Gasteiger partial charge in [0.15, 0.2) is 6.61 Å². The van der Waals surface area contributed by atoms with E-state index in [1.54, 1.807) is 14.1 Å². The summed E-state index contributed by atoms with van der Waals surface area (Å²) >= 11 is 0. The number of carbonyl (C=O) groups excluding carboxylic acids is 1. The molecule has 1 amide bonds. The first kappa shape index (κ1) is 18.0. The number of benzene rings is 1. The van der Waals surface area contributed by atoms with Gasteiger partial charge in [-0.3, -0.25) is 9.59 Å². The highest BCUT2D eigenvalue weighted by atomic mass is 16.5. The number of aryl methyl sites for hydroxylation is 1. The fourth-order valence-corrected chi connectivity index (χ4v) is 2.13. The Bertz CT molecular complexity index is 525. The lowest BCUT2D eigenvalue weighted by atomic mass is 9.89. The zero-order valence-electron chi connectivity index (χ0n) is 13.3. The molecule has 122 valence electrons. The molecule has 0 aromatic heterocycles. The zero-order valence-corrected chi connectivity index (χ0v) is 13.3. The molecule has 0 heterocycles. The zero-order chi connectivity index (χ0) is 16.7. The van der Waals surface area contributed by atoms with Crippen LogP contribution in [0.1, 0.15) is 24.5 Å². The van der Waals surface area contributed by atoms with Crippen LogP contribution in [-0.2, 0) is 22.4 Å². The number of nitrogens with two attached hydrogens (primary N) is 1. The van der Waals surface area contributed by atoms with Gasteiger partial charge in [-0.1, -0.05) is 6.07 Å². The van der Waals surface area contributed by atoms with Crippen molar-refractivity contribution in [3.63, 3.8) is 0 Å². The lowest BCUT2D eigenvalue weighted by Crippen LogP contribution is -2.28. The van der Waals surface area contributed by atoms with Crippen LogP contribution in [0.4, 0.5) is 0 Å². The maximum Gasteiger partial charge on any atom is 0.300 e. The van der Waals surface area contributed by atoms with Crippen molar-refractivity contribution in [2.24, 2.45) is 5.73 Å². The second-order valence-electron chi connectivity index (χ2n) is 5.53. The van der Waals surface area contributed by atoms with Crippen molar-refractivity contribution in [1.82, 2.24) is 4.90 Å². The minimum atomic E-state index is -0.833. The van der Waals surface area contributed by atoms with Crippen molar-refractivity contribution in [3.8, 4) is 5.75 Å². The summed E-state index contributed by atoms with van der Waals surface area (Å²) in [5.74, 6) is -0.123. The Kier molecular flexibility index (Phi) is 6.85. The maximum atomic E-state index is 11.4. The van der Waals surface area contributed by atoms with Crippen molar-refractivity contribution >= 4 is 11.9 Å². The van der Waals surface area contributed by atoms with Gasteiger partial charge in [-0.2, -0.15) is 0 Å². The number of hydrogen-bond donors (Lipinski definition) is 2. The van der Waals surface area contributed by atoms with E-state index in [9.17, 15) is 4.79 Å². The van der Waals surface area contributed by atoms with Gasteiger partial charge in [-0.15, -0.1) is 0 Å². The van der Waals surface area contributed by atoms with Crippen molar-refractivity contribution in [1.29, 1.82) is 0 Å². The van der Waals surface area contributed by atoms with E-state index in [0.717, 1.165) is 31.9 Å². The molecule has 1 aliphatic rings. The van der Waals surface area contributed by atoms with E-state index in [0.29, 0.717) is 0 Å². The van der Waals surface area contributed by atoms with E-state index in [4.69, 9.17) is 20.4 Å². The lowest BCUT2D eigenvalue weighted by Gasteiger charge is -2.22. The summed E-state index contributed by atoms with van der Waals surface area (Å²) in [6.07, 6.45) is 2.98. The number of hydrogen-bond acceptors (Lipinski definition) is 4. The second-order valence-corrected chi connectivity index (χ2v) is 5.53. The number of likely N-dealkylation sites (N-methyl/N-ethyl adjacent to an activating group) is 1. The largest absolute Gasteiger partial charge is 0.484 e. The van der Waals surface area contributed by atoms with E-state index in [-0.39, 0.29) is 18.6 Å². The van der Waals surface area contributed by atoms with Crippen molar-refractivity contribution in [3.05, 3.63) is 29.3 Å². The van der Waals surface area contributed by atoms with Crippen LogP contribution in [0.3, 0.4) is 0 Å². The van der Waals surface area contributed by atoms with Crippen molar-refractivity contribution in [2.45, 2.75) is 32.2 Å². The average molecular weight is 308 g/mol. The van der Waals surface area contributed by atoms with Gasteiger partial charge in [0.25, 0.3) is 11.9 Å². The number of ether oxygens (including phenoxy) is 1. The molecule has 0 unspecified atom stereocenters. The van der Waals surface area contributed by atoms with Crippen LogP contribution in [0, 0.1) is 0 Å². The van der Waals surface area contributed by atoms with Crippen LogP contribution in [0.2, 0.25) is 0 Å². The molecule has 2 rings (SSSR count). The number of fused-ring (bicyclic) bond motifs is 1. The number of rotatable bonds is 3. The first-order valence-electron chi connectivity index (χ1n) is 7.19. The van der Waals surface area contributed by atoms with E-state index in [1.807, 2.05) is 12.1 Å². The number of nitrogens with zero attached hydrogens (tertiary/aromatic N) is 1. The van der Waals surface area contributed by atoms with Gasteiger partial charge >= 0.3 is 0 Å². The summed E-state index contributed by atoms with van der Waals surface area (Å²) in [6, 6.07) is 6.27. The molecule has 6 nitrogen and oxygen atoms in total. The highest BCUT2D eigenvalue weighted by Crippen LogP contribution is 2.25. The third kappa shape index (κ3) is 6.13. The minimum absolute atomic E-state index is 0.0376. The molecule has 3 N–H and O–H groups in total. The van der Waals surface area contributed by atoms with Gasteiger partial charge in [0.1, 0.15) is 5.75 Å². The van der Waals surface area contributed by atoms with E-state index in [1.165, 1.54) is 16.0 Å². The Hall–Kier alpha value is -2.08. The summed E-state index contributed by atoms with van der Waals surface area (Å²) in [5.41, 5.74) is 8.56. The molecule has 0 fully saturated rings. The molecule has 1 aliphatic carbocycles. The van der Waals surface area contributed by atoms with Crippen LogP contribution in [-0.4, -0.2) is 48.6 Å². The van der Waals surface area contributed by atoms with Gasteiger partial charge in [-0.05, 0) is 42.5 Å². The maximum absolute atomic E-state index is 11.4. The molecule has 22 heavy (non-hydrogen) atoms. The fraction of sp³-hybridized carbons (Fsp3) is 0.500. The monoisotopic (exact) mass is 308 g/mol. The molecule has 1 aromatic carbocycles. The smallest absolute Gasteiger partial charge is 0.300 e. The Labute approximate surface area is 130 Å². The molecule has 6 heteroatoms. The fourth-order valence-electron chi connectivity index (χ4n) is 2.13. The molecule has 1 atom stereocenters. The van der Waals surface area contributed by atoms with E-state index in [2.05, 4.69) is 6.07 Å². The van der Waals surface area contributed by atoms with Crippen LogP contribution >= 0.6 is 0 Å². The number of carboxylic acid groups (broad SMARTS) is 1. The third-order valence-corrected chi connectivity index (χ3v) is 3.31. The van der Waals surface area contributed by atoms with Gasteiger partial charge in [-0.25, -0.2) is 0 Å². The Morgan fingerprint density at radius 2 is 2.00 bits per heavy atom. The Morgan fingerprint density at radius 1 is 1.36 bits per heavy atom. The SMILES string of the molecule is CC(=O)O.CN(C)C(=O)COc1ccc2c(c1)C[C@@H](N)CC2. The highest BCUT2D eigenvalue weighted by Gasteiger charge is 2.16. The lowest BCUT2D eigenvalue weighted by molar-refractivity contribution is -0.134. The Balaban J connectivity index is 0.000000541. The van der Waals surface area contributed by atoms with Gasteiger partial charge in [0.2, 0.25) is 0 Å².